The number of nitrogens with two attached hydrogens (primary N) is 1. The van der Waals surface area contributed by atoms with E-state index in [2.05, 4.69) is 22.3 Å². The summed E-state index contributed by atoms with van der Waals surface area (Å²) in [7, 11) is 0. The number of pyridine rings is 1. The second-order valence-electron chi connectivity index (χ2n) is 4.27. The Morgan fingerprint density at radius 3 is 2.95 bits per heavy atom. The molecule has 0 saturated carbocycles. The molecule has 0 saturated heterocycles. The number of nitrogens with zero attached hydrogens (tertiary/aromatic N) is 3. The first-order valence-corrected chi connectivity index (χ1v) is 6.20. The Labute approximate surface area is 111 Å². The Kier molecular flexibility index (Phi) is 4.25. The van der Waals surface area contributed by atoms with Gasteiger partial charge in [0.25, 0.3) is 5.91 Å². The minimum absolute atomic E-state index is 0.384. The van der Waals surface area contributed by atoms with Crippen LogP contribution in [0.4, 0.5) is 0 Å². The highest BCUT2D eigenvalue weighted by Crippen LogP contribution is 2.09. The predicted octanol–water partition coefficient (Wildman–Crippen LogP) is 0.866. The number of hydrogen-bond acceptors (Lipinski definition) is 4. The molecule has 1 amide bonds. The van der Waals surface area contributed by atoms with Crippen LogP contribution in [0.25, 0.3) is 5.69 Å². The quantitative estimate of drug-likeness (QED) is 0.754. The zero-order chi connectivity index (χ0) is 13.7. The maximum absolute atomic E-state index is 11.0. The lowest BCUT2D eigenvalue weighted by Gasteiger charge is -2.05. The van der Waals surface area contributed by atoms with E-state index in [1.54, 1.807) is 17.1 Å². The van der Waals surface area contributed by atoms with Crippen molar-refractivity contribution in [3.8, 4) is 5.69 Å². The van der Waals surface area contributed by atoms with Crippen molar-refractivity contribution in [3.05, 3.63) is 42.0 Å². The predicted molar refractivity (Wildman–Crippen MR) is 71.9 cm³/mol. The van der Waals surface area contributed by atoms with Gasteiger partial charge in [0.15, 0.2) is 0 Å². The van der Waals surface area contributed by atoms with E-state index in [1.165, 1.54) is 6.20 Å². The van der Waals surface area contributed by atoms with Crippen molar-refractivity contribution in [2.75, 3.05) is 6.54 Å². The highest BCUT2D eigenvalue weighted by atomic mass is 16.1. The molecule has 0 radical (unpaired) electrons. The van der Waals surface area contributed by atoms with Crippen LogP contribution in [0.1, 0.15) is 29.3 Å². The van der Waals surface area contributed by atoms with Gasteiger partial charge in [0.2, 0.25) is 0 Å². The van der Waals surface area contributed by atoms with Gasteiger partial charge in [-0.1, -0.05) is 6.92 Å². The third kappa shape index (κ3) is 3.38. The first kappa shape index (κ1) is 13.2. The number of amides is 1. The summed E-state index contributed by atoms with van der Waals surface area (Å²) in [6, 6.07) is 1.98. The van der Waals surface area contributed by atoms with E-state index in [-0.39, 0.29) is 0 Å². The van der Waals surface area contributed by atoms with Crippen molar-refractivity contribution in [3.63, 3.8) is 0 Å². The van der Waals surface area contributed by atoms with Crippen LogP contribution in [0.5, 0.6) is 0 Å². The van der Waals surface area contributed by atoms with Gasteiger partial charge in [-0.2, -0.15) is 5.10 Å². The van der Waals surface area contributed by atoms with Crippen LogP contribution in [0, 0.1) is 0 Å². The van der Waals surface area contributed by atoms with Gasteiger partial charge in [-0.05, 0) is 24.6 Å². The fourth-order valence-corrected chi connectivity index (χ4v) is 1.70. The lowest BCUT2D eigenvalue weighted by atomic mass is 10.2. The van der Waals surface area contributed by atoms with E-state index in [0.29, 0.717) is 5.56 Å². The Bertz CT molecular complexity index is 564. The second kappa shape index (κ2) is 6.10. The number of rotatable bonds is 6. The molecule has 0 unspecified atom stereocenters. The van der Waals surface area contributed by atoms with E-state index in [4.69, 9.17) is 5.73 Å². The van der Waals surface area contributed by atoms with Gasteiger partial charge < -0.3 is 11.1 Å². The van der Waals surface area contributed by atoms with E-state index in [9.17, 15) is 4.79 Å². The fourth-order valence-electron chi connectivity index (χ4n) is 1.70. The highest BCUT2D eigenvalue weighted by Gasteiger charge is 2.06. The Hall–Kier alpha value is -2.21. The van der Waals surface area contributed by atoms with Crippen molar-refractivity contribution in [1.29, 1.82) is 0 Å². The lowest BCUT2D eigenvalue weighted by molar-refractivity contribution is 0.100. The van der Waals surface area contributed by atoms with E-state index >= 15 is 0 Å². The molecular weight excluding hydrogens is 242 g/mol. The van der Waals surface area contributed by atoms with Gasteiger partial charge >= 0.3 is 0 Å². The van der Waals surface area contributed by atoms with Crippen LogP contribution in [0.3, 0.4) is 0 Å². The molecule has 100 valence electrons. The Balaban J connectivity index is 2.15. The first-order valence-electron chi connectivity index (χ1n) is 6.20. The maximum atomic E-state index is 11.0. The monoisotopic (exact) mass is 259 g/mol. The summed E-state index contributed by atoms with van der Waals surface area (Å²) in [6.07, 6.45) is 7.65. The zero-order valence-electron chi connectivity index (χ0n) is 10.8. The molecular formula is C13H17N5O. The fraction of sp³-hybridized carbons (Fsp3) is 0.308. The standard InChI is InChI=1S/C13H17N5O/c1-2-3-15-5-10-4-12(8-16-6-10)18-9-11(7-17-18)13(14)19/h4,6-9,15H,2-3,5H2,1H3,(H2,14,19). The van der Waals surface area contributed by atoms with Gasteiger partial charge in [0.1, 0.15) is 0 Å². The molecule has 6 nitrogen and oxygen atoms in total. The van der Waals surface area contributed by atoms with Crippen molar-refractivity contribution < 1.29 is 4.79 Å². The summed E-state index contributed by atoms with van der Waals surface area (Å²) in [5, 5.41) is 7.41. The van der Waals surface area contributed by atoms with Gasteiger partial charge in [-0.3, -0.25) is 9.78 Å². The molecule has 0 aliphatic carbocycles. The minimum atomic E-state index is -0.486. The van der Waals surface area contributed by atoms with Crippen LogP contribution < -0.4 is 11.1 Å². The number of carbonyl (C=O) groups is 1. The third-order valence-electron chi connectivity index (χ3n) is 2.67. The number of carbonyl (C=O) groups excluding carboxylic acids is 1. The highest BCUT2D eigenvalue weighted by molar-refractivity contribution is 5.92. The van der Waals surface area contributed by atoms with Crippen LogP contribution >= 0.6 is 0 Å². The van der Waals surface area contributed by atoms with Crippen LogP contribution in [-0.2, 0) is 6.54 Å². The number of primary amides is 1. The summed E-state index contributed by atoms with van der Waals surface area (Å²) in [5.41, 5.74) is 7.46. The molecule has 0 aliphatic heterocycles. The molecule has 0 bridgehead atoms. The van der Waals surface area contributed by atoms with Crippen molar-refractivity contribution in [2.24, 2.45) is 5.73 Å². The SMILES string of the molecule is CCCNCc1cncc(-n2cc(C(N)=O)cn2)c1. The third-order valence-corrected chi connectivity index (χ3v) is 2.67. The summed E-state index contributed by atoms with van der Waals surface area (Å²) in [6.45, 7) is 3.85. The number of nitrogens with one attached hydrogen (secondary N) is 1. The molecule has 0 spiro atoms. The Morgan fingerprint density at radius 1 is 1.42 bits per heavy atom. The summed E-state index contributed by atoms with van der Waals surface area (Å²) >= 11 is 0. The molecule has 2 aromatic rings. The second-order valence-corrected chi connectivity index (χ2v) is 4.27. The normalized spacial score (nSPS) is 10.6. The number of hydrogen-bond donors (Lipinski definition) is 2. The van der Waals surface area contributed by atoms with Gasteiger partial charge in [-0.25, -0.2) is 4.68 Å². The van der Waals surface area contributed by atoms with Crippen molar-refractivity contribution in [1.82, 2.24) is 20.1 Å². The largest absolute Gasteiger partial charge is 0.366 e. The minimum Gasteiger partial charge on any atom is -0.366 e. The molecule has 19 heavy (non-hydrogen) atoms. The average molecular weight is 259 g/mol. The lowest BCUT2D eigenvalue weighted by Crippen LogP contribution is -2.14. The van der Waals surface area contributed by atoms with E-state index in [0.717, 1.165) is 30.8 Å². The van der Waals surface area contributed by atoms with E-state index in [1.807, 2.05) is 12.3 Å². The molecule has 2 heterocycles. The van der Waals surface area contributed by atoms with E-state index < -0.39 is 5.91 Å². The van der Waals surface area contributed by atoms with Crippen molar-refractivity contribution >= 4 is 5.91 Å². The van der Waals surface area contributed by atoms with Gasteiger partial charge in [0.05, 0.1) is 23.6 Å². The summed E-state index contributed by atoms with van der Waals surface area (Å²) < 4.78 is 1.59. The Morgan fingerprint density at radius 2 is 2.26 bits per heavy atom. The van der Waals surface area contributed by atoms with Gasteiger partial charge in [0, 0.05) is 18.9 Å². The topological polar surface area (TPSA) is 85.8 Å². The zero-order valence-corrected chi connectivity index (χ0v) is 10.8. The first-order chi connectivity index (χ1) is 9.20. The van der Waals surface area contributed by atoms with Crippen molar-refractivity contribution in [2.45, 2.75) is 19.9 Å². The van der Waals surface area contributed by atoms with Crippen LogP contribution in [-0.4, -0.2) is 27.2 Å². The molecule has 0 aromatic carbocycles. The summed E-state index contributed by atoms with van der Waals surface area (Å²) in [4.78, 5) is 15.2. The smallest absolute Gasteiger partial charge is 0.251 e. The number of aromatic nitrogens is 3. The average Bonchev–Trinajstić information content (AvgIpc) is 2.89. The molecule has 0 atom stereocenters. The summed E-state index contributed by atoms with van der Waals surface area (Å²) in [5.74, 6) is -0.486. The van der Waals surface area contributed by atoms with Crippen LogP contribution in [0.15, 0.2) is 30.9 Å². The molecule has 0 aliphatic rings. The molecule has 3 N–H and O–H groups in total. The molecule has 0 fully saturated rings. The molecule has 2 aromatic heterocycles. The van der Waals surface area contributed by atoms with Crippen LogP contribution in [0.2, 0.25) is 0 Å². The van der Waals surface area contributed by atoms with Gasteiger partial charge in [-0.15, -0.1) is 0 Å². The molecule has 2 rings (SSSR count). The molecule has 6 heteroatoms. The maximum Gasteiger partial charge on any atom is 0.251 e.